The van der Waals surface area contributed by atoms with Gasteiger partial charge in [0.1, 0.15) is 6.33 Å². The number of hydrogen-bond acceptors (Lipinski definition) is 3. The van der Waals surface area contributed by atoms with Crippen molar-refractivity contribution in [1.29, 1.82) is 5.26 Å². The lowest BCUT2D eigenvalue weighted by molar-refractivity contribution is 1.17. The van der Waals surface area contributed by atoms with Crippen LogP contribution in [0.5, 0.6) is 0 Å². The highest BCUT2D eigenvalue weighted by Crippen LogP contribution is 2.16. The molecule has 0 aliphatic heterocycles. The van der Waals surface area contributed by atoms with E-state index in [4.69, 9.17) is 5.26 Å². The summed E-state index contributed by atoms with van der Waals surface area (Å²) in [6.07, 6.45) is 4.98. The van der Waals surface area contributed by atoms with Gasteiger partial charge in [0.15, 0.2) is 0 Å². The van der Waals surface area contributed by atoms with Crippen molar-refractivity contribution in [2.24, 2.45) is 0 Å². The molecular weight excluding hydrogens is 174 g/mol. The molecule has 0 aliphatic carbocycles. The van der Waals surface area contributed by atoms with E-state index in [0.717, 1.165) is 11.1 Å². The van der Waals surface area contributed by atoms with Crippen molar-refractivity contribution in [3.8, 4) is 17.2 Å². The van der Waals surface area contributed by atoms with Crippen molar-refractivity contribution in [2.75, 3.05) is 0 Å². The monoisotopic (exact) mass is 181 g/mol. The first kappa shape index (κ1) is 8.39. The van der Waals surface area contributed by atoms with E-state index in [0.29, 0.717) is 5.56 Å². The lowest BCUT2D eigenvalue weighted by Crippen LogP contribution is -1.82. The molecule has 66 valence electrons. The molecule has 1 aromatic carbocycles. The molecule has 0 aliphatic rings. The quantitative estimate of drug-likeness (QED) is 0.676. The van der Waals surface area contributed by atoms with E-state index in [1.54, 1.807) is 24.5 Å². The Bertz CT molecular complexity index is 454. The fourth-order valence-corrected chi connectivity index (χ4v) is 1.19. The van der Waals surface area contributed by atoms with E-state index in [1.165, 1.54) is 6.33 Å². The second-order valence-electron chi connectivity index (χ2n) is 2.82. The van der Waals surface area contributed by atoms with E-state index < -0.39 is 0 Å². The van der Waals surface area contributed by atoms with Gasteiger partial charge in [-0.3, -0.25) is 0 Å². The Labute approximate surface area is 81.7 Å². The summed E-state index contributed by atoms with van der Waals surface area (Å²) in [5.41, 5.74) is 2.63. The molecular formula is C11H7N3. The lowest BCUT2D eigenvalue weighted by Gasteiger charge is -1.98. The summed E-state index contributed by atoms with van der Waals surface area (Å²) in [5.74, 6) is 0. The standard InChI is InChI=1S/C11H7N3/c12-5-9-1-3-10(4-2-9)11-6-13-8-14-7-11/h1-4,6-8H. The van der Waals surface area contributed by atoms with E-state index in [-0.39, 0.29) is 0 Å². The molecule has 0 atom stereocenters. The minimum absolute atomic E-state index is 0.658. The largest absolute Gasteiger partial charge is 0.244 e. The summed E-state index contributed by atoms with van der Waals surface area (Å²) in [4.78, 5) is 7.86. The van der Waals surface area contributed by atoms with Crippen LogP contribution in [0.25, 0.3) is 11.1 Å². The minimum Gasteiger partial charge on any atom is -0.244 e. The number of nitriles is 1. The Balaban J connectivity index is 2.40. The molecule has 2 rings (SSSR count). The summed E-state index contributed by atoms with van der Waals surface area (Å²) < 4.78 is 0. The van der Waals surface area contributed by atoms with Gasteiger partial charge in [0.05, 0.1) is 11.6 Å². The SMILES string of the molecule is N#Cc1ccc(-c2cncnc2)cc1. The van der Waals surface area contributed by atoms with Gasteiger partial charge < -0.3 is 0 Å². The molecule has 0 saturated carbocycles. The van der Waals surface area contributed by atoms with Gasteiger partial charge in [-0.2, -0.15) is 5.26 Å². The summed E-state index contributed by atoms with van der Waals surface area (Å²) >= 11 is 0. The van der Waals surface area contributed by atoms with Crippen LogP contribution >= 0.6 is 0 Å². The van der Waals surface area contributed by atoms with E-state index >= 15 is 0 Å². The number of hydrogen-bond donors (Lipinski definition) is 0. The first-order valence-electron chi connectivity index (χ1n) is 4.16. The molecule has 0 N–H and O–H groups in total. The first-order valence-corrected chi connectivity index (χ1v) is 4.16. The highest BCUT2D eigenvalue weighted by molar-refractivity contribution is 5.62. The van der Waals surface area contributed by atoms with Gasteiger partial charge in [-0.15, -0.1) is 0 Å². The highest BCUT2D eigenvalue weighted by atomic mass is 14.8. The Morgan fingerprint density at radius 3 is 2.14 bits per heavy atom. The van der Waals surface area contributed by atoms with Crippen LogP contribution in [0.15, 0.2) is 43.0 Å². The fraction of sp³-hybridized carbons (Fsp3) is 0. The molecule has 14 heavy (non-hydrogen) atoms. The van der Waals surface area contributed by atoms with Crippen molar-refractivity contribution < 1.29 is 0 Å². The third-order valence-corrected chi connectivity index (χ3v) is 1.91. The molecule has 1 aromatic heterocycles. The summed E-state index contributed by atoms with van der Waals surface area (Å²) in [7, 11) is 0. The first-order chi connectivity index (χ1) is 6.90. The van der Waals surface area contributed by atoms with Crippen LogP contribution in [-0.2, 0) is 0 Å². The maximum Gasteiger partial charge on any atom is 0.115 e. The molecule has 0 bridgehead atoms. The van der Waals surface area contributed by atoms with Crippen LogP contribution in [0.2, 0.25) is 0 Å². The van der Waals surface area contributed by atoms with Gasteiger partial charge in [-0.1, -0.05) is 12.1 Å². The van der Waals surface area contributed by atoms with Gasteiger partial charge in [-0.25, -0.2) is 9.97 Å². The van der Waals surface area contributed by atoms with Crippen molar-refractivity contribution >= 4 is 0 Å². The molecule has 0 fully saturated rings. The minimum atomic E-state index is 0.658. The summed E-state index contributed by atoms with van der Waals surface area (Å²) in [6.45, 7) is 0. The van der Waals surface area contributed by atoms with Gasteiger partial charge in [0.2, 0.25) is 0 Å². The molecule has 3 nitrogen and oxygen atoms in total. The second-order valence-corrected chi connectivity index (χ2v) is 2.82. The van der Waals surface area contributed by atoms with Crippen LogP contribution in [-0.4, -0.2) is 9.97 Å². The predicted octanol–water partition coefficient (Wildman–Crippen LogP) is 2.02. The summed E-state index contributed by atoms with van der Waals surface area (Å²) in [5, 5.41) is 8.62. The molecule has 0 amide bonds. The topological polar surface area (TPSA) is 49.6 Å². The maximum absolute atomic E-state index is 8.62. The molecule has 0 radical (unpaired) electrons. The average molecular weight is 181 g/mol. The van der Waals surface area contributed by atoms with Gasteiger partial charge in [0.25, 0.3) is 0 Å². The number of rotatable bonds is 1. The van der Waals surface area contributed by atoms with Gasteiger partial charge in [-0.05, 0) is 17.7 Å². The van der Waals surface area contributed by atoms with E-state index in [1.807, 2.05) is 12.1 Å². The van der Waals surface area contributed by atoms with E-state index in [9.17, 15) is 0 Å². The van der Waals surface area contributed by atoms with Crippen molar-refractivity contribution in [3.05, 3.63) is 48.5 Å². The molecule has 0 saturated heterocycles. The van der Waals surface area contributed by atoms with Crippen LogP contribution in [0, 0.1) is 11.3 Å². The predicted molar refractivity (Wildman–Crippen MR) is 52.2 cm³/mol. The van der Waals surface area contributed by atoms with Gasteiger partial charge in [0, 0.05) is 18.0 Å². The number of aromatic nitrogens is 2. The lowest BCUT2D eigenvalue weighted by atomic mass is 10.1. The summed E-state index contributed by atoms with van der Waals surface area (Å²) in [6, 6.07) is 9.41. The van der Waals surface area contributed by atoms with Crippen LogP contribution in [0.1, 0.15) is 5.56 Å². The zero-order chi connectivity index (χ0) is 9.80. The third kappa shape index (κ3) is 1.59. The Hall–Kier alpha value is -2.21. The van der Waals surface area contributed by atoms with Crippen LogP contribution in [0.3, 0.4) is 0 Å². The third-order valence-electron chi connectivity index (χ3n) is 1.91. The van der Waals surface area contributed by atoms with Crippen molar-refractivity contribution in [3.63, 3.8) is 0 Å². The van der Waals surface area contributed by atoms with Gasteiger partial charge >= 0.3 is 0 Å². The normalized spacial score (nSPS) is 9.36. The molecule has 0 spiro atoms. The molecule has 1 heterocycles. The average Bonchev–Trinajstić information content (AvgIpc) is 2.30. The molecule has 2 aromatic rings. The highest BCUT2D eigenvalue weighted by Gasteiger charge is 1.96. The van der Waals surface area contributed by atoms with Crippen molar-refractivity contribution in [2.45, 2.75) is 0 Å². The van der Waals surface area contributed by atoms with Crippen LogP contribution < -0.4 is 0 Å². The molecule has 0 unspecified atom stereocenters. The number of nitrogens with zero attached hydrogens (tertiary/aromatic N) is 3. The Morgan fingerprint density at radius 1 is 0.929 bits per heavy atom. The Morgan fingerprint density at radius 2 is 1.57 bits per heavy atom. The fourth-order valence-electron chi connectivity index (χ4n) is 1.19. The maximum atomic E-state index is 8.62. The second kappa shape index (κ2) is 3.67. The van der Waals surface area contributed by atoms with Crippen molar-refractivity contribution in [1.82, 2.24) is 9.97 Å². The smallest absolute Gasteiger partial charge is 0.115 e. The zero-order valence-corrected chi connectivity index (χ0v) is 7.38. The number of benzene rings is 1. The molecule has 3 heteroatoms. The van der Waals surface area contributed by atoms with E-state index in [2.05, 4.69) is 16.0 Å². The zero-order valence-electron chi connectivity index (χ0n) is 7.38. The van der Waals surface area contributed by atoms with Crippen LogP contribution in [0.4, 0.5) is 0 Å². The Kier molecular flexibility index (Phi) is 2.20.